The second kappa shape index (κ2) is 12.2. The van der Waals surface area contributed by atoms with E-state index in [0.717, 1.165) is 19.3 Å². The third kappa shape index (κ3) is 11.2. The summed E-state index contributed by atoms with van der Waals surface area (Å²) in [5.41, 5.74) is 0. The number of rotatable bonds is 8. The predicted octanol–water partition coefficient (Wildman–Crippen LogP) is 4.79. The van der Waals surface area contributed by atoms with E-state index in [9.17, 15) is 0 Å². The summed E-state index contributed by atoms with van der Waals surface area (Å²) in [7, 11) is 0. The number of hydrogen-bond donors (Lipinski definition) is 0. The molecule has 0 N–H and O–H groups in total. The van der Waals surface area contributed by atoms with Crippen LogP contribution >= 0.6 is 0 Å². The molecule has 0 spiro atoms. The lowest BCUT2D eigenvalue weighted by molar-refractivity contribution is 0.600. The second-order valence-corrected chi connectivity index (χ2v) is 4.48. The van der Waals surface area contributed by atoms with E-state index in [1.54, 1.807) is 0 Å². The minimum Gasteiger partial charge on any atom is -0.120 e. The molecule has 0 heterocycles. The smallest absolute Gasteiger partial charge is 0.0174 e. The first-order valence-electron chi connectivity index (χ1n) is 6.73. The molecule has 90 valence electrons. The van der Waals surface area contributed by atoms with Crippen LogP contribution in [0.3, 0.4) is 0 Å². The van der Waals surface area contributed by atoms with Crippen LogP contribution in [0.1, 0.15) is 71.6 Å². The molecule has 1 unspecified atom stereocenters. The summed E-state index contributed by atoms with van der Waals surface area (Å²) in [4.78, 5) is 0. The van der Waals surface area contributed by atoms with E-state index in [0.29, 0.717) is 5.92 Å². The van der Waals surface area contributed by atoms with Gasteiger partial charge >= 0.3 is 0 Å². The summed E-state index contributed by atoms with van der Waals surface area (Å²) in [5, 5.41) is 0. The van der Waals surface area contributed by atoms with Gasteiger partial charge < -0.3 is 0 Å². The summed E-state index contributed by atoms with van der Waals surface area (Å²) < 4.78 is 0. The van der Waals surface area contributed by atoms with E-state index in [2.05, 4.69) is 31.6 Å². The Kier molecular flexibility index (Phi) is 11.5. The highest BCUT2D eigenvalue weighted by Crippen LogP contribution is 2.08. The van der Waals surface area contributed by atoms with Crippen LogP contribution in [0, 0.1) is 30.1 Å². The van der Waals surface area contributed by atoms with Crippen molar-refractivity contribution in [2.24, 2.45) is 5.92 Å². The van der Waals surface area contributed by atoms with Crippen LogP contribution in [0.2, 0.25) is 0 Å². The van der Waals surface area contributed by atoms with Gasteiger partial charge in [-0.3, -0.25) is 0 Å². The SMILES string of the molecule is C#CCCCCC(C)C#CCCCCCC. The van der Waals surface area contributed by atoms with Crippen LogP contribution in [0.4, 0.5) is 0 Å². The zero-order valence-corrected chi connectivity index (χ0v) is 11.0. The average molecular weight is 218 g/mol. The van der Waals surface area contributed by atoms with Crippen molar-refractivity contribution in [1.29, 1.82) is 0 Å². The molecule has 0 aromatic heterocycles. The molecule has 0 radical (unpaired) electrons. The molecule has 0 saturated heterocycles. The van der Waals surface area contributed by atoms with Gasteiger partial charge in [0.05, 0.1) is 0 Å². The van der Waals surface area contributed by atoms with Gasteiger partial charge in [0.25, 0.3) is 0 Å². The summed E-state index contributed by atoms with van der Waals surface area (Å²) in [6.45, 7) is 4.46. The van der Waals surface area contributed by atoms with Crippen molar-refractivity contribution in [2.75, 3.05) is 0 Å². The minimum absolute atomic E-state index is 0.545. The molecular weight excluding hydrogens is 192 g/mol. The maximum absolute atomic E-state index is 5.21. The van der Waals surface area contributed by atoms with Gasteiger partial charge in [0.15, 0.2) is 0 Å². The molecule has 0 aliphatic carbocycles. The Hall–Kier alpha value is -0.880. The molecule has 0 rings (SSSR count). The van der Waals surface area contributed by atoms with Crippen LogP contribution in [0.5, 0.6) is 0 Å². The first kappa shape index (κ1) is 15.1. The Balaban J connectivity index is 3.37. The maximum Gasteiger partial charge on any atom is 0.0174 e. The molecular formula is C16H26. The standard InChI is InChI=1S/C16H26/c1-4-6-8-10-11-13-15-16(3)14-12-9-7-5-2/h2,16H,4,6-12,14H2,1,3H3. The topological polar surface area (TPSA) is 0 Å². The van der Waals surface area contributed by atoms with Crippen LogP contribution in [0.15, 0.2) is 0 Å². The normalized spacial score (nSPS) is 11.3. The minimum atomic E-state index is 0.545. The molecule has 0 nitrogen and oxygen atoms in total. The lowest BCUT2D eigenvalue weighted by atomic mass is 10.0. The molecule has 0 amide bonds. The number of unbranched alkanes of at least 4 members (excludes halogenated alkanes) is 6. The third-order valence-corrected chi connectivity index (χ3v) is 2.71. The van der Waals surface area contributed by atoms with E-state index in [1.165, 1.54) is 38.5 Å². The third-order valence-electron chi connectivity index (χ3n) is 2.71. The van der Waals surface area contributed by atoms with Gasteiger partial charge in [-0.15, -0.1) is 24.2 Å². The Labute approximate surface area is 102 Å². The Bertz CT molecular complexity index is 233. The fourth-order valence-electron chi connectivity index (χ4n) is 1.64. The molecule has 0 aromatic carbocycles. The van der Waals surface area contributed by atoms with Crippen molar-refractivity contribution >= 4 is 0 Å². The fourth-order valence-corrected chi connectivity index (χ4v) is 1.64. The van der Waals surface area contributed by atoms with E-state index >= 15 is 0 Å². The van der Waals surface area contributed by atoms with Crippen molar-refractivity contribution in [3.63, 3.8) is 0 Å². The highest BCUT2D eigenvalue weighted by atomic mass is 14.0. The van der Waals surface area contributed by atoms with Crippen LogP contribution in [0.25, 0.3) is 0 Å². The lowest BCUT2D eigenvalue weighted by Crippen LogP contribution is -1.90. The predicted molar refractivity (Wildman–Crippen MR) is 73.0 cm³/mol. The van der Waals surface area contributed by atoms with Crippen molar-refractivity contribution < 1.29 is 0 Å². The summed E-state index contributed by atoms with van der Waals surface area (Å²) >= 11 is 0. The molecule has 1 atom stereocenters. The van der Waals surface area contributed by atoms with Gasteiger partial charge in [-0.2, -0.15) is 0 Å². The van der Waals surface area contributed by atoms with Gasteiger partial charge in [-0.1, -0.05) is 39.5 Å². The van der Waals surface area contributed by atoms with Gasteiger partial charge in [0.2, 0.25) is 0 Å². The molecule has 0 bridgehead atoms. The highest BCUT2D eigenvalue weighted by Gasteiger charge is 1.95. The molecule has 0 aliphatic rings. The first-order chi connectivity index (χ1) is 7.81. The van der Waals surface area contributed by atoms with Gasteiger partial charge in [-0.25, -0.2) is 0 Å². The maximum atomic E-state index is 5.21. The molecule has 0 fully saturated rings. The van der Waals surface area contributed by atoms with Crippen LogP contribution in [-0.2, 0) is 0 Å². The van der Waals surface area contributed by atoms with Crippen molar-refractivity contribution in [2.45, 2.75) is 71.6 Å². The zero-order chi connectivity index (χ0) is 12.1. The monoisotopic (exact) mass is 218 g/mol. The van der Waals surface area contributed by atoms with Crippen LogP contribution in [-0.4, -0.2) is 0 Å². The second-order valence-electron chi connectivity index (χ2n) is 4.48. The van der Waals surface area contributed by atoms with Gasteiger partial charge in [-0.05, 0) is 19.3 Å². The molecule has 0 saturated carbocycles. The summed E-state index contributed by atoms with van der Waals surface area (Å²) in [6.07, 6.45) is 16.0. The lowest BCUT2D eigenvalue weighted by Gasteiger charge is -2.01. The summed E-state index contributed by atoms with van der Waals surface area (Å²) in [6, 6.07) is 0. The van der Waals surface area contributed by atoms with Crippen molar-refractivity contribution in [3.05, 3.63) is 0 Å². The highest BCUT2D eigenvalue weighted by molar-refractivity contribution is 5.02. The quantitative estimate of drug-likeness (QED) is 0.406. The Morgan fingerprint density at radius 1 is 1.00 bits per heavy atom. The van der Waals surface area contributed by atoms with E-state index in [1.807, 2.05) is 0 Å². The van der Waals surface area contributed by atoms with Gasteiger partial charge in [0.1, 0.15) is 0 Å². The zero-order valence-electron chi connectivity index (χ0n) is 11.0. The fraction of sp³-hybridized carbons (Fsp3) is 0.750. The Morgan fingerprint density at radius 3 is 2.44 bits per heavy atom. The van der Waals surface area contributed by atoms with E-state index in [-0.39, 0.29) is 0 Å². The first-order valence-corrected chi connectivity index (χ1v) is 6.73. The number of terminal acetylenes is 1. The molecule has 0 aromatic rings. The molecule has 0 heteroatoms. The van der Waals surface area contributed by atoms with Crippen molar-refractivity contribution in [1.82, 2.24) is 0 Å². The van der Waals surface area contributed by atoms with Gasteiger partial charge in [0, 0.05) is 18.8 Å². The molecule has 0 aliphatic heterocycles. The van der Waals surface area contributed by atoms with E-state index < -0.39 is 0 Å². The molecule has 16 heavy (non-hydrogen) atoms. The average Bonchev–Trinajstić information content (AvgIpc) is 2.29. The largest absolute Gasteiger partial charge is 0.120 e. The number of hydrogen-bond acceptors (Lipinski definition) is 0. The van der Waals surface area contributed by atoms with Crippen LogP contribution < -0.4 is 0 Å². The van der Waals surface area contributed by atoms with E-state index in [4.69, 9.17) is 6.42 Å². The Morgan fingerprint density at radius 2 is 1.75 bits per heavy atom. The summed E-state index contributed by atoms with van der Waals surface area (Å²) in [5.74, 6) is 9.85. The van der Waals surface area contributed by atoms with Crippen molar-refractivity contribution in [3.8, 4) is 24.2 Å².